The minimum absolute atomic E-state index is 0.653. The number of aryl methyl sites for hydroxylation is 2. The van der Waals surface area contributed by atoms with Gasteiger partial charge in [0.1, 0.15) is 0 Å². The first-order valence-electron chi connectivity index (χ1n) is 3.98. The topological polar surface area (TPSA) is 58.5 Å². The zero-order valence-corrected chi connectivity index (χ0v) is 9.37. The van der Waals surface area contributed by atoms with Gasteiger partial charge in [0.05, 0.1) is 0 Å². The van der Waals surface area contributed by atoms with Crippen LogP contribution >= 0.6 is 23.6 Å². The maximum atomic E-state index is 4.91. The van der Waals surface area contributed by atoms with Crippen LogP contribution in [0.1, 0.15) is 5.69 Å². The molecule has 74 valence electrons. The highest BCUT2D eigenvalue weighted by Gasteiger charge is 2.03. The van der Waals surface area contributed by atoms with E-state index in [1.807, 2.05) is 20.0 Å². The molecule has 0 atom stereocenters. The Labute approximate surface area is 89.8 Å². The number of nitrogens with one attached hydrogen (secondary N) is 2. The van der Waals surface area contributed by atoms with Gasteiger partial charge < -0.3 is 5.32 Å². The van der Waals surface area contributed by atoms with Crippen molar-refractivity contribution in [1.82, 2.24) is 20.0 Å². The summed E-state index contributed by atoms with van der Waals surface area (Å²) in [6.45, 7) is 1.99. The van der Waals surface area contributed by atoms with E-state index in [9.17, 15) is 0 Å². The van der Waals surface area contributed by atoms with Gasteiger partial charge in [0.25, 0.3) is 0 Å². The van der Waals surface area contributed by atoms with E-state index in [0.29, 0.717) is 3.95 Å². The predicted octanol–water partition coefficient (Wildman–Crippen LogP) is 1.99. The molecular formula is C7H9N5S2. The highest BCUT2D eigenvalue weighted by Crippen LogP contribution is 2.17. The number of H-pyrrole nitrogens is 1. The van der Waals surface area contributed by atoms with E-state index in [2.05, 4.69) is 20.6 Å². The number of aromatic nitrogens is 4. The van der Waals surface area contributed by atoms with Gasteiger partial charge in [0, 0.05) is 18.8 Å². The van der Waals surface area contributed by atoms with Gasteiger partial charge in [0.15, 0.2) is 9.77 Å². The largest absolute Gasteiger partial charge is 0.313 e. The summed E-state index contributed by atoms with van der Waals surface area (Å²) in [6, 6.07) is 1.95. The SMILES string of the molecule is Cc1cc(Nc2n[nH]c(=S)s2)nn1C. The Balaban J connectivity index is 2.22. The highest BCUT2D eigenvalue weighted by atomic mass is 32.1. The van der Waals surface area contributed by atoms with Gasteiger partial charge in [-0.25, -0.2) is 0 Å². The minimum Gasteiger partial charge on any atom is -0.313 e. The van der Waals surface area contributed by atoms with Crippen LogP contribution < -0.4 is 5.32 Å². The van der Waals surface area contributed by atoms with Crippen molar-refractivity contribution >= 4 is 34.5 Å². The number of hydrogen-bond acceptors (Lipinski definition) is 5. The van der Waals surface area contributed by atoms with Crippen molar-refractivity contribution in [3.05, 3.63) is 15.7 Å². The second kappa shape index (κ2) is 3.50. The summed E-state index contributed by atoms with van der Waals surface area (Å²) in [5, 5.41) is 14.7. The fraction of sp³-hybridized carbons (Fsp3) is 0.286. The first-order chi connectivity index (χ1) is 6.65. The lowest BCUT2D eigenvalue weighted by molar-refractivity contribution is 0.743. The summed E-state index contributed by atoms with van der Waals surface area (Å²) in [5.74, 6) is 0.780. The Morgan fingerprint density at radius 1 is 1.64 bits per heavy atom. The number of aromatic amines is 1. The zero-order valence-electron chi connectivity index (χ0n) is 7.74. The first-order valence-corrected chi connectivity index (χ1v) is 5.21. The van der Waals surface area contributed by atoms with Crippen LogP contribution in [-0.4, -0.2) is 20.0 Å². The van der Waals surface area contributed by atoms with Crippen LogP contribution in [0, 0.1) is 10.9 Å². The molecule has 5 nitrogen and oxygen atoms in total. The average Bonchev–Trinajstić information content (AvgIpc) is 2.62. The smallest absolute Gasteiger partial charge is 0.209 e. The van der Waals surface area contributed by atoms with Crippen molar-refractivity contribution in [1.29, 1.82) is 0 Å². The second-order valence-corrected chi connectivity index (χ2v) is 4.50. The van der Waals surface area contributed by atoms with Gasteiger partial charge in [-0.3, -0.25) is 9.78 Å². The molecule has 14 heavy (non-hydrogen) atoms. The van der Waals surface area contributed by atoms with Crippen molar-refractivity contribution < 1.29 is 0 Å². The lowest BCUT2D eigenvalue weighted by Gasteiger charge is -1.93. The van der Waals surface area contributed by atoms with Crippen molar-refractivity contribution in [2.45, 2.75) is 6.92 Å². The summed E-state index contributed by atoms with van der Waals surface area (Å²) in [4.78, 5) is 0. The third-order valence-electron chi connectivity index (χ3n) is 1.79. The van der Waals surface area contributed by atoms with Crippen molar-refractivity contribution in [2.75, 3.05) is 5.32 Å². The molecule has 2 heterocycles. The van der Waals surface area contributed by atoms with Crippen LogP contribution in [0.15, 0.2) is 6.07 Å². The molecule has 2 rings (SSSR count). The Hall–Kier alpha value is -1.21. The predicted molar refractivity (Wildman–Crippen MR) is 58.5 cm³/mol. The number of hydrogen-bond donors (Lipinski definition) is 2. The molecule has 0 aliphatic carbocycles. The lowest BCUT2D eigenvalue weighted by atomic mass is 10.5. The van der Waals surface area contributed by atoms with E-state index in [1.54, 1.807) is 4.68 Å². The summed E-state index contributed by atoms with van der Waals surface area (Å²) in [5.41, 5.74) is 1.09. The summed E-state index contributed by atoms with van der Waals surface area (Å²) >= 11 is 6.30. The van der Waals surface area contributed by atoms with E-state index >= 15 is 0 Å². The molecule has 0 aliphatic rings. The fourth-order valence-corrected chi connectivity index (χ4v) is 1.81. The number of nitrogens with zero attached hydrogens (tertiary/aromatic N) is 3. The summed E-state index contributed by atoms with van der Waals surface area (Å²) in [7, 11) is 1.90. The van der Waals surface area contributed by atoms with Crippen molar-refractivity contribution in [2.24, 2.45) is 7.05 Å². The third-order valence-corrected chi connectivity index (χ3v) is 2.79. The van der Waals surface area contributed by atoms with Gasteiger partial charge in [-0.1, -0.05) is 11.3 Å². The number of rotatable bonds is 2. The monoisotopic (exact) mass is 227 g/mol. The van der Waals surface area contributed by atoms with Crippen molar-refractivity contribution in [3.63, 3.8) is 0 Å². The van der Waals surface area contributed by atoms with E-state index in [-0.39, 0.29) is 0 Å². The standard InChI is InChI=1S/C7H9N5S2/c1-4-3-5(11-12(4)2)8-6-9-10-7(13)14-6/h3H,1-2H3,(H,10,13)(H,8,9,11). The third kappa shape index (κ3) is 1.83. The summed E-state index contributed by atoms with van der Waals surface area (Å²) < 4.78 is 2.45. The van der Waals surface area contributed by atoms with E-state index in [1.165, 1.54) is 11.3 Å². The van der Waals surface area contributed by atoms with Gasteiger partial charge in [-0.2, -0.15) is 5.10 Å². The zero-order chi connectivity index (χ0) is 10.1. The average molecular weight is 227 g/mol. The van der Waals surface area contributed by atoms with E-state index < -0.39 is 0 Å². The molecule has 2 aromatic rings. The Kier molecular flexibility index (Phi) is 2.34. The number of anilines is 2. The molecule has 0 amide bonds. The molecule has 2 N–H and O–H groups in total. The molecule has 7 heteroatoms. The Morgan fingerprint density at radius 2 is 2.43 bits per heavy atom. The fourth-order valence-electron chi connectivity index (χ4n) is 1.01. The minimum atomic E-state index is 0.653. The van der Waals surface area contributed by atoms with Crippen LogP contribution in [0.3, 0.4) is 0 Å². The molecule has 0 aromatic carbocycles. The lowest BCUT2D eigenvalue weighted by Crippen LogP contribution is -1.94. The molecular weight excluding hydrogens is 218 g/mol. The molecule has 0 fully saturated rings. The Morgan fingerprint density at radius 3 is 2.93 bits per heavy atom. The van der Waals surface area contributed by atoms with E-state index in [4.69, 9.17) is 12.2 Å². The molecule has 0 radical (unpaired) electrons. The molecule has 0 saturated carbocycles. The quantitative estimate of drug-likeness (QED) is 0.770. The molecule has 0 saturated heterocycles. The van der Waals surface area contributed by atoms with Gasteiger partial charge >= 0.3 is 0 Å². The maximum absolute atomic E-state index is 4.91. The Bertz CT molecular complexity index is 475. The molecule has 0 bridgehead atoms. The first kappa shape index (κ1) is 9.35. The second-order valence-electron chi connectivity index (χ2n) is 2.84. The normalized spacial score (nSPS) is 10.4. The van der Waals surface area contributed by atoms with Crippen LogP contribution in [-0.2, 0) is 7.05 Å². The van der Waals surface area contributed by atoms with Crippen LogP contribution in [0.5, 0.6) is 0 Å². The summed E-state index contributed by atoms with van der Waals surface area (Å²) in [6.07, 6.45) is 0. The maximum Gasteiger partial charge on any atom is 0.209 e. The van der Waals surface area contributed by atoms with E-state index in [0.717, 1.165) is 16.6 Å². The van der Waals surface area contributed by atoms with Gasteiger partial charge in [0.2, 0.25) is 5.13 Å². The molecule has 2 aromatic heterocycles. The van der Waals surface area contributed by atoms with Crippen molar-refractivity contribution in [3.8, 4) is 0 Å². The molecule has 0 spiro atoms. The van der Waals surface area contributed by atoms with Gasteiger partial charge in [-0.05, 0) is 19.1 Å². The van der Waals surface area contributed by atoms with Gasteiger partial charge in [-0.15, -0.1) is 5.10 Å². The molecule has 0 unspecified atom stereocenters. The molecule has 0 aliphatic heterocycles. The highest BCUT2D eigenvalue weighted by molar-refractivity contribution is 7.73. The van der Waals surface area contributed by atoms with Crippen LogP contribution in [0.4, 0.5) is 10.9 Å². The van der Waals surface area contributed by atoms with Crippen LogP contribution in [0.25, 0.3) is 0 Å². The van der Waals surface area contributed by atoms with Crippen LogP contribution in [0.2, 0.25) is 0 Å².